The van der Waals surface area contributed by atoms with Gasteiger partial charge in [0, 0.05) is 69.0 Å². The van der Waals surface area contributed by atoms with Gasteiger partial charge in [0.25, 0.3) is 11.8 Å². The maximum atomic E-state index is 14.1. The van der Waals surface area contributed by atoms with E-state index in [4.69, 9.17) is 0 Å². The number of carbonyl (C=O) groups is 2. The van der Waals surface area contributed by atoms with Gasteiger partial charge in [-0.3, -0.25) is 14.6 Å². The molecule has 1 aliphatic heterocycles. The summed E-state index contributed by atoms with van der Waals surface area (Å²) in [6, 6.07) is 22.1. The quantitative estimate of drug-likeness (QED) is 0.320. The molecule has 42 heavy (non-hydrogen) atoms. The number of amides is 2. The van der Waals surface area contributed by atoms with Crippen LogP contribution in [0.2, 0.25) is 0 Å². The molecule has 5 aromatic rings. The Morgan fingerprint density at radius 1 is 0.881 bits per heavy atom. The summed E-state index contributed by atoms with van der Waals surface area (Å²) >= 11 is 0. The lowest BCUT2D eigenvalue weighted by atomic mass is 10.0. The molecular formula is C33H33N7O2. The number of benzene rings is 2. The molecule has 1 saturated heterocycles. The minimum Gasteiger partial charge on any atom is -0.352 e. The van der Waals surface area contributed by atoms with E-state index >= 15 is 0 Å². The number of fused-ring (bicyclic) bond motifs is 1. The fraction of sp³-hybridized carbons (Fsp3) is 0.242. The van der Waals surface area contributed by atoms with Crippen LogP contribution in [0.3, 0.4) is 0 Å². The van der Waals surface area contributed by atoms with Crippen LogP contribution in [0.4, 0.5) is 5.82 Å². The number of carbonyl (C=O) groups excluding carboxylic acids is 2. The second-order valence-corrected chi connectivity index (χ2v) is 10.5. The zero-order valence-electron chi connectivity index (χ0n) is 23.8. The van der Waals surface area contributed by atoms with E-state index in [9.17, 15) is 9.59 Å². The van der Waals surface area contributed by atoms with Crippen molar-refractivity contribution < 1.29 is 9.59 Å². The molecule has 0 atom stereocenters. The van der Waals surface area contributed by atoms with Crippen LogP contribution in [-0.4, -0.2) is 69.0 Å². The molecule has 4 heterocycles. The molecule has 2 amide bonds. The van der Waals surface area contributed by atoms with Crippen LogP contribution < -0.4 is 10.2 Å². The number of rotatable bonds is 7. The second-order valence-electron chi connectivity index (χ2n) is 10.5. The van der Waals surface area contributed by atoms with E-state index in [0.717, 1.165) is 39.0 Å². The number of nitrogens with zero attached hydrogens (tertiary/aromatic N) is 6. The van der Waals surface area contributed by atoms with Gasteiger partial charge in [-0.1, -0.05) is 48.0 Å². The zero-order chi connectivity index (χ0) is 29.1. The van der Waals surface area contributed by atoms with Gasteiger partial charge in [0.15, 0.2) is 0 Å². The summed E-state index contributed by atoms with van der Waals surface area (Å²) in [4.78, 5) is 43.8. The lowest BCUT2D eigenvalue weighted by Crippen LogP contribution is -2.49. The van der Waals surface area contributed by atoms with Crippen molar-refractivity contribution in [3.63, 3.8) is 0 Å². The van der Waals surface area contributed by atoms with Crippen molar-refractivity contribution >= 4 is 28.5 Å². The topological polar surface area (TPSA) is 96.2 Å². The zero-order valence-corrected chi connectivity index (χ0v) is 23.8. The number of hydrogen-bond acceptors (Lipinski definition) is 6. The van der Waals surface area contributed by atoms with Gasteiger partial charge in [0.2, 0.25) is 0 Å². The number of pyridine rings is 1. The lowest BCUT2D eigenvalue weighted by Gasteiger charge is -2.35. The molecule has 9 heteroatoms. The van der Waals surface area contributed by atoms with Gasteiger partial charge in [-0.25, -0.2) is 9.97 Å². The predicted molar refractivity (Wildman–Crippen MR) is 164 cm³/mol. The summed E-state index contributed by atoms with van der Waals surface area (Å²) in [6.45, 7) is 4.90. The molecule has 2 aromatic carbocycles. The van der Waals surface area contributed by atoms with Gasteiger partial charge in [-0.05, 0) is 36.8 Å². The molecule has 0 radical (unpaired) electrons. The number of anilines is 1. The highest BCUT2D eigenvalue weighted by molar-refractivity contribution is 6.13. The van der Waals surface area contributed by atoms with Gasteiger partial charge in [-0.15, -0.1) is 0 Å². The smallest absolute Gasteiger partial charge is 0.271 e. The van der Waals surface area contributed by atoms with Gasteiger partial charge in [0.1, 0.15) is 11.5 Å². The van der Waals surface area contributed by atoms with Crippen molar-refractivity contribution in [1.82, 2.24) is 29.7 Å². The Kier molecular flexibility index (Phi) is 7.64. The summed E-state index contributed by atoms with van der Waals surface area (Å²) in [5.41, 5.74) is 6.05. The first-order valence-corrected chi connectivity index (χ1v) is 14.2. The van der Waals surface area contributed by atoms with Crippen molar-refractivity contribution in [2.75, 3.05) is 37.6 Å². The predicted octanol–water partition coefficient (Wildman–Crippen LogP) is 4.27. The lowest BCUT2D eigenvalue weighted by molar-refractivity contribution is 0.0748. The fourth-order valence-electron chi connectivity index (χ4n) is 5.55. The Balaban J connectivity index is 1.13. The highest BCUT2D eigenvalue weighted by Gasteiger charge is 2.29. The molecule has 0 spiro atoms. The van der Waals surface area contributed by atoms with E-state index in [0.29, 0.717) is 45.0 Å². The van der Waals surface area contributed by atoms with Crippen LogP contribution in [0.5, 0.6) is 0 Å². The molecule has 1 N–H and O–H groups in total. The van der Waals surface area contributed by atoms with Crippen LogP contribution in [0.15, 0.2) is 85.3 Å². The van der Waals surface area contributed by atoms with Gasteiger partial charge in [-0.2, -0.15) is 0 Å². The van der Waals surface area contributed by atoms with E-state index < -0.39 is 0 Å². The molecule has 9 nitrogen and oxygen atoms in total. The Hall–Kier alpha value is -5.05. The maximum absolute atomic E-state index is 14.1. The highest BCUT2D eigenvalue weighted by Crippen LogP contribution is 2.35. The molecule has 1 aliphatic rings. The fourth-order valence-corrected chi connectivity index (χ4v) is 5.55. The number of aromatic nitrogens is 4. The Morgan fingerprint density at radius 2 is 1.67 bits per heavy atom. The van der Waals surface area contributed by atoms with Crippen LogP contribution >= 0.6 is 0 Å². The Bertz CT molecular complexity index is 1710. The third kappa shape index (κ3) is 5.45. The summed E-state index contributed by atoms with van der Waals surface area (Å²) in [7, 11) is 2.03. The van der Waals surface area contributed by atoms with Crippen LogP contribution in [0, 0.1) is 6.92 Å². The van der Waals surface area contributed by atoms with Crippen molar-refractivity contribution in [2.45, 2.75) is 13.3 Å². The van der Waals surface area contributed by atoms with Gasteiger partial charge >= 0.3 is 0 Å². The van der Waals surface area contributed by atoms with Crippen molar-refractivity contribution in [2.24, 2.45) is 7.05 Å². The first kappa shape index (κ1) is 27.1. The minimum absolute atomic E-state index is 0.0357. The average molecular weight is 560 g/mol. The van der Waals surface area contributed by atoms with Gasteiger partial charge in [0.05, 0.1) is 23.7 Å². The molecular weight excluding hydrogens is 526 g/mol. The Morgan fingerprint density at radius 3 is 2.38 bits per heavy atom. The van der Waals surface area contributed by atoms with E-state index in [1.807, 2.05) is 48.3 Å². The minimum atomic E-state index is -0.264. The third-order valence-electron chi connectivity index (χ3n) is 7.77. The number of piperazine rings is 1. The monoisotopic (exact) mass is 559 g/mol. The first-order valence-electron chi connectivity index (χ1n) is 14.2. The molecule has 0 aliphatic carbocycles. The Labute approximate surface area is 244 Å². The van der Waals surface area contributed by atoms with Gasteiger partial charge < -0.3 is 19.7 Å². The standard InChI is InChI=1S/C33H33N7O2/c1-23-11-12-28-26(20-23)30(31(38(28)2)24-8-4-3-5-9-24)33(42)40-18-16-39(17-19-40)29-22-36-27(21-37-29)32(41)35-15-13-25-10-6-7-14-34-25/h3-12,14,20-22H,13,15-19H2,1-2H3,(H,35,41). The van der Waals surface area contributed by atoms with Crippen LogP contribution in [-0.2, 0) is 13.5 Å². The maximum Gasteiger partial charge on any atom is 0.271 e. The van der Waals surface area contributed by atoms with Crippen LogP contribution in [0.25, 0.3) is 22.2 Å². The molecule has 0 saturated carbocycles. The van der Waals surface area contributed by atoms with Crippen molar-refractivity contribution in [3.8, 4) is 11.3 Å². The van der Waals surface area contributed by atoms with Crippen molar-refractivity contribution in [1.29, 1.82) is 0 Å². The number of hydrogen-bond donors (Lipinski definition) is 1. The van der Waals surface area contributed by atoms with E-state index in [1.165, 1.54) is 6.20 Å². The molecule has 0 unspecified atom stereocenters. The molecule has 6 rings (SSSR count). The summed E-state index contributed by atoms with van der Waals surface area (Å²) in [5.74, 6) is 0.464. The van der Waals surface area contributed by atoms with E-state index in [2.05, 4.69) is 67.0 Å². The second kappa shape index (κ2) is 11.8. The number of nitrogens with one attached hydrogen (secondary N) is 1. The van der Waals surface area contributed by atoms with Crippen molar-refractivity contribution in [3.05, 3.63) is 108 Å². The largest absolute Gasteiger partial charge is 0.352 e. The van der Waals surface area contributed by atoms with E-state index in [-0.39, 0.29) is 17.5 Å². The summed E-state index contributed by atoms with van der Waals surface area (Å²) < 4.78 is 2.12. The first-order chi connectivity index (χ1) is 20.5. The number of aryl methyl sites for hydroxylation is 2. The van der Waals surface area contributed by atoms with E-state index in [1.54, 1.807) is 12.4 Å². The summed E-state index contributed by atoms with van der Waals surface area (Å²) in [6.07, 6.45) is 5.52. The van der Waals surface area contributed by atoms with Crippen LogP contribution in [0.1, 0.15) is 32.1 Å². The highest BCUT2D eigenvalue weighted by atomic mass is 16.2. The summed E-state index contributed by atoms with van der Waals surface area (Å²) in [5, 5.41) is 3.85. The SMILES string of the molecule is Cc1ccc2c(c1)c(C(=O)N1CCN(c3cnc(C(=O)NCCc4ccccn4)cn3)CC1)c(-c1ccccc1)n2C. The average Bonchev–Trinajstić information content (AvgIpc) is 3.32. The molecule has 1 fully saturated rings. The normalized spacial score (nSPS) is 13.4. The third-order valence-corrected chi connectivity index (χ3v) is 7.77. The molecule has 212 valence electrons. The molecule has 3 aromatic heterocycles. The molecule has 0 bridgehead atoms.